The van der Waals surface area contributed by atoms with Gasteiger partial charge in [-0.05, 0) is 49.1 Å². The Bertz CT molecular complexity index is 1050. The molecular formula is C23H23N3O2S. The third-order valence-corrected chi connectivity index (χ3v) is 6.10. The molecule has 4 rings (SSSR count). The van der Waals surface area contributed by atoms with Crippen LogP contribution in [-0.4, -0.2) is 34.8 Å². The van der Waals surface area contributed by atoms with Crippen molar-refractivity contribution in [3.05, 3.63) is 65.7 Å². The van der Waals surface area contributed by atoms with E-state index in [0.29, 0.717) is 31.1 Å². The molecule has 2 heterocycles. The van der Waals surface area contributed by atoms with Crippen molar-refractivity contribution in [3.8, 4) is 0 Å². The van der Waals surface area contributed by atoms with Gasteiger partial charge in [0.05, 0.1) is 10.2 Å². The van der Waals surface area contributed by atoms with Gasteiger partial charge in [-0.15, -0.1) is 0 Å². The first-order valence-corrected chi connectivity index (χ1v) is 10.6. The summed E-state index contributed by atoms with van der Waals surface area (Å²) in [5, 5.41) is 3.60. The highest BCUT2D eigenvalue weighted by atomic mass is 32.1. The van der Waals surface area contributed by atoms with Crippen molar-refractivity contribution >= 4 is 44.6 Å². The Kier molecular flexibility index (Phi) is 5.71. The molecular weight excluding hydrogens is 382 g/mol. The highest BCUT2D eigenvalue weighted by Crippen LogP contribution is 2.28. The monoisotopic (exact) mass is 405 g/mol. The lowest BCUT2D eigenvalue weighted by molar-refractivity contribution is -0.130. The Balaban J connectivity index is 1.31. The fourth-order valence-electron chi connectivity index (χ4n) is 3.49. The molecule has 0 spiro atoms. The van der Waals surface area contributed by atoms with Crippen molar-refractivity contribution in [2.24, 2.45) is 5.92 Å². The molecule has 1 N–H and O–H groups in total. The number of nitrogens with one attached hydrogen (secondary N) is 1. The van der Waals surface area contributed by atoms with Crippen LogP contribution in [0.1, 0.15) is 24.0 Å². The van der Waals surface area contributed by atoms with E-state index >= 15 is 0 Å². The van der Waals surface area contributed by atoms with Crippen molar-refractivity contribution in [2.45, 2.75) is 19.8 Å². The van der Waals surface area contributed by atoms with E-state index in [2.05, 4.69) is 16.4 Å². The lowest BCUT2D eigenvalue weighted by Gasteiger charge is -2.30. The average Bonchev–Trinajstić information content (AvgIpc) is 3.14. The molecule has 2 amide bonds. The summed E-state index contributed by atoms with van der Waals surface area (Å²) in [6.07, 6.45) is 4.77. The number of rotatable bonds is 4. The molecule has 0 saturated carbocycles. The zero-order valence-corrected chi connectivity index (χ0v) is 17.1. The molecule has 3 aromatic rings. The number of amides is 2. The molecule has 0 radical (unpaired) electrons. The minimum atomic E-state index is -0.0918. The molecule has 6 heteroatoms. The number of likely N-dealkylation sites (tertiary alicyclic amines) is 1. The van der Waals surface area contributed by atoms with Gasteiger partial charge in [0.25, 0.3) is 0 Å². The summed E-state index contributed by atoms with van der Waals surface area (Å²) in [5.41, 5.74) is 3.08. The van der Waals surface area contributed by atoms with Gasteiger partial charge in [0, 0.05) is 25.1 Å². The quantitative estimate of drug-likeness (QED) is 0.650. The van der Waals surface area contributed by atoms with Crippen molar-refractivity contribution in [3.63, 3.8) is 0 Å². The normalized spacial score (nSPS) is 15.1. The van der Waals surface area contributed by atoms with E-state index in [1.54, 1.807) is 6.08 Å². The van der Waals surface area contributed by atoms with Gasteiger partial charge in [-0.25, -0.2) is 4.98 Å². The number of thiazole rings is 1. The molecule has 1 aromatic heterocycles. The first-order chi connectivity index (χ1) is 14.1. The van der Waals surface area contributed by atoms with Crippen LogP contribution in [0.4, 0.5) is 5.13 Å². The second-order valence-electron chi connectivity index (χ2n) is 7.32. The van der Waals surface area contributed by atoms with Crippen LogP contribution < -0.4 is 5.32 Å². The molecule has 1 saturated heterocycles. The van der Waals surface area contributed by atoms with E-state index < -0.39 is 0 Å². The highest BCUT2D eigenvalue weighted by molar-refractivity contribution is 7.22. The molecule has 0 atom stereocenters. The Morgan fingerprint density at radius 3 is 2.66 bits per heavy atom. The lowest BCUT2D eigenvalue weighted by Crippen LogP contribution is -2.40. The molecule has 148 valence electrons. The van der Waals surface area contributed by atoms with E-state index in [9.17, 15) is 9.59 Å². The molecule has 1 aliphatic heterocycles. The zero-order valence-electron chi connectivity index (χ0n) is 16.3. The third kappa shape index (κ3) is 4.71. The largest absolute Gasteiger partial charge is 0.339 e. The van der Waals surface area contributed by atoms with Crippen LogP contribution >= 0.6 is 11.3 Å². The van der Waals surface area contributed by atoms with Crippen LogP contribution in [0, 0.1) is 12.8 Å². The number of fused-ring (bicyclic) bond motifs is 1. The molecule has 1 fully saturated rings. The van der Waals surface area contributed by atoms with Gasteiger partial charge in [-0.1, -0.05) is 47.7 Å². The fourth-order valence-corrected chi connectivity index (χ4v) is 4.46. The standard InChI is InChI=1S/C23H23N3O2S/c1-16-7-9-19-20(15-16)29-23(24-19)25-22(28)18-11-13-26(14-12-18)21(27)10-8-17-5-3-2-4-6-17/h2-10,15,18H,11-14H2,1H3,(H,24,25,28). The third-order valence-electron chi connectivity index (χ3n) is 5.17. The van der Waals surface area contributed by atoms with Crippen molar-refractivity contribution in [2.75, 3.05) is 18.4 Å². The summed E-state index contributed by atoms with van der Waals surface area (Å²) in [4.78, 5) is 31.3. The maximum absolute atomic E-state index is 12.6. The van der Waals surface area contributed by atoms with E-state index in [0.717, 1.165) is 15.8 Å². The van der Waals surface area contributed by atoms with Crippen molar-refractivity contribution in [1.82, 2.24) is 9.88 Å². The van der Waals surface area contributed by atoms with Crippen LogP contribution in [0.2, 0.25) is 0 Å². The highest BCUT2D eigenvalue weighted by Gasteiger charge is 2.27. The maximum atomic E-state index is 12.6. The van der Waals surface area contributed by atoms with Crippen molar-refractivity contribution in [1.29, 1.82) is 0 Å². The zero-order chi connectivity index (χ0) is 20.2. The van der Waals surface area contributed by atoms with Gasteiger partial charge < -0.3 is 10.2 Å². The molecule has 2 aromatic carbocycles. The van der Waals surface area contributed by atoms with Gasteiger partial charge in [0.2, 0.25) is 11.8 Å². The summed E-state index contributed by atoms with van der Waals surface area (Å²) in [6.45, 7) is 3.23. The van der Waals surface area contributed by atoms with E-state index in [1.165, 1.54) is 16.9 Å². The van der Waals surface area contributed by atoms with Gasteiger partial charge in [-0.3, -0.25) is 9.59 Å². The second kappa shape index (κ2) is 8.57. The van der Waals surface area contributed by atoms with Gasteiger partial charge in [0.15, 0.2) is 5.13 Å². The lowest BCUT2D eigenvalue weighted by atomic mass is 9.96. The number of carbonyl (C=O) groups is 2. The van der Waals surface area contributed by atoms with Crippen molar-refractivity contribution < 1.29 is 9.59 Å². The number of carbonyl (C=O) groups excluding carboxylic acids is 2. The summed E-state index contributed by atoms with van der Waals surface area (Å²) in [7, 11) is 0. The minimum Gasteiger partial charge on any atom is -0.339 e. The van der Waals surface area contributed by atoms with Gasteiger partial charge in [-0.2, -0.15) is 0 Å². The predicted molar refractivity (Wildman–Crippen MR) is 118 cm³/mol. The predicted octanol–water partition coefficient (Wildman–Crippen LogP) is 4.50. The number of nitrogens with zero attached hydrogens (tertiary/aromatic N) is 2. The molecule has 29 heavy (non-hydrogen) atoms. The van der Waals surface area contributed by atoms with Crippen LogP contribution in [0.3, 0.4) is 0 Å². The van der Waals surface area contributed by atoms with Gasteiger partial charge in [0.1, 0.15) is 0 Å². The summed E-state index contributed by atoms with van der Waals surface area (Å²) >= 11 is 1.50. The number of piperidine rings is 1. The number of hydrogen-bond acceptors (Lipinski definition) is 4. The van der Waals surface area contributed by atoms with Crippen LogP contribution in [0.15, 0.2) is 54.6 Å². The van der Waals surface area contributed by atoms with Gasteiger partial charge >= 0.3 is 0 Å². The summed E-state index contributed by atoms with van der Waals surface area (Å²) < 4.78 is 1.07. The van der Waals surface area contributed by atoms with Crippen LogP contribution in [0.5, 0.6) is 0 Å². The fraction of sp³-hybridized carbons (Fsp3) is 0.261. The Morgan fingerprint density at radius 1 is 1.14 bits per heavy atom. The van der Waals surface area contributed by atoms with Crippen LogP contribution in [0.25, 0.3) is 16.3 Å². The Hall–Kier alpha value is -2.99. The number of aromatic nitrogens is 1. The minimum absolute atomic E-state index is 0.00532. The molecule has 0 bridgehead atoms. The first-order valence-electron chi connectivity index (χ1n) is 9.78. The SMILES string of the molecule is Cc1ccc2nc(NC(=O)C3CCN(C(=O)C=Cc4ccccc4)CC3)sc2c1. The average molecular weight is 406 g/mol. The Labute approximate surface area is 174 Å². The Morgan fingerprint density at radius 2 is 1.90 bits per heavy atom. The second-order valence-corrected chi connectivity index (χ2v) is 8.35. The van der Waals surface area contributed by atoms with Crippen LogP contribution in [-0.2, 0) is 9.59 Å². The van der Waals surface area contributed by atoms with E-state index in [4.69, 9.17) is 0 Å². The summed E-state index contributed by atoms with van der Waals surface area (Å²) in [5.74, 6) is -0.104. The molecule has 5 nitrogen and oxygen atoms in total. The molecule has 0 aliphatic carbocycles. The number of aryl methyl sites for hydroxylation is 1. The number of anilines is 1. The van der Waals surface area contributed by atoms with E-state index in [1.807, 2.05) is 60.4 Å². The van der Waals surface area contributed by atoms with E-state index in [-0.39, 0.29) is 17.7 Å². The molecule has 0 unspecified atom stereocenters. The number of benzene rings is 2. The molecule has 1 aliphatic rings. The first kappa shape index (κ1) is 19.3. The number of hydrogen-bond donors (Lipinski definition) is 1. The maximum Gasteiger partial charge on any atom is 0.246 e. The topological polar surface area (TPSA) is 62.3 Å². The smallest absolute Gasteiger partial charge is 0.246 e. The summed E-state index contributed by atoms with van der Waals surface area (Å²) in [6, 6.07) is 15.8.